The summed E-state index contributed by atoms with van der Waals surface area (Å²) in [5.74, 6) is -1.14. The van der Waals surface area contributed by atoms with Crippen LogP contribution in [0, 0.1) is 0 Å². The Balaban J connectivity index is 1.91. The van der Waals surface area contributed by atoms with Gasteiger partial charge >= 0.3 is 18.0 Å². The molecule has 2 aromatic rings. The van der Waals surface area contributed by atoms with Crippen LogP contribution in [0.4, 0.5) is 4.79 Å². The Kier molecular flexibility index (Phi) is 6.06. The van der Waals surface area contributed by atoms with Crippen molar-refractivity contribution in [3.63, 3.8) is 0 Å². The fourth-order valence-corrected chi connectivity index (χ4v) is 2.87. The van der Waals surface area contributed by atoms with Crippen LogP contribution in [-0.2, 0) is 14.3 Å². The average molecular weight is 380 g/mol. The lowest BCUT2D eigenvalue weighted by atomic mass is 9.95. The van der Waals surface area contributed by atoms with E-state index in [4.69, 9.17) is 9.47 Å². The highest BCUT2D eigenvalue weighted by molar-refractivity contribution is 5.95. The summed E-state index contributed by atoms with van der Waals surface area (Å²) in [5, 5.41) is 5.29. The fourth-order valence-electron chi connectivity index (χ4n) is 2.87. The van der Waals surface area contributed by atoms with Crippen LogP contribution < -0.4 is 10.6 Å². The molecule has 3 rings (SSSR count). The standard InChI is InChI=1S/C21H20N2O5/c1-2-27-20(25)17-16(13-28-19(24)15-11-7-4-8-12-15)22-21(26)23-18(17)14-9-5-3-6-10-14/h3-12,18H,2,13H2,1H3,(H2,22,23,26)/t18-/m0/s1. The van der Waals surface area contributed by atoms with Crippen LogP contribution in [-0.4, -0.2) is 31.2 Å². The smallest absolute Gasteiger partial charge is 0.338 e. The predicted octanol–water partition coefficient (Wildman–Crippen LogP) is 2.71. The van der Waals surface area contributed by atoms with Gasteiger partial charge in [-0.2, -0.15) is 0 Å². The summed E-state index contributed by atoms with van der Waals surface area (Å²) < 4.78 is 10.5. The molecule has 1 aliphatic heterocycles. The Morgan fingerprint density at radius 2 is 1.57 bits per heavy atom. The summed E-state index contributed by atoms with van der Waals surface area (Å²) in [7, 11) is 0. The zero-order valence-electron chi connectivity index (χ0n) is 15.3. The maximum Gasteiger partial charge on any atom is 0.338 e. The van der Waals surface area contributed by atoms with E-state index in [1.54, 1.807) is 61.5 Å². The van der Waals surface area contributed by atoms with Gasteiger partial charge in [-0.25, -0.2) is 14.4 Å². The summed E-state index contributed by atoms with van der Waals surface area (Å²) in [6.07, 6.45) is 0. The molecule has 7 nitrogen and oxygen atoms in total. The molecule has 0 fully saturated rings. The first-order valence-corrected chi connectivity index (χ1v) is 8.85. The number of amides is 2. The third-order valence-electron chi connectivity index (χ3n) is 4.14. The van der Waals surface area contributed by atoms with E-state index < -0.39 is 24.0 Å². The van der Waals surface area contributed by atoms with Gasteiger partial charge in [-0.15, -0.1) is 0 Å². The van der Waals surface area contributed by atoms with Gasteiger partial charge in [0, 0.05) is 0 Å². The number of urea groups is 1. The minimum absolute atomic E-state index is 0.175. The van der Waals surface area contributed by atoms with Gasteiger partial charge in [-0.05, 0) is 24.6 Å². The van der Waals surface area contributed by atoms with Crippen molar-refractivity contribution in [3.8, 4) is 0 Å². The van der Waals surface area contributed by atoms with Gasteiger partial charge < -0.3 is 20.1 Å². The molecule has 28 heavy (non-hydrogen) atoms. The van der Waals surface area contributed by atoms with E-state index in [9.17, 15) is 14.4 Å². The molecule has 0 spiro atoms. The molecule has 2 N–H and O–H groups in total. The Bertz CT molecular complexity index is 894. The van der Waals surface area contributed by atoms with Crippen LogP contribution in [0.3, 0.4) is 0 Å². The molecule has 7 heteroatoms. The number of hydrogen-bond acceptors (Lipinski definition) is 5. The molecule has 144 valence electrons. The number of carbonyl (C=O) groups excluding carboxylic acids is 3. The minimum atomic E-state index is -0.709. The second kappa shape index (κ2) is 8.85. The Morgan fingerprint density at radius 1 is 0.929 bits per heavy atom. The van der Waals surface area contributed by atoms with E-state index in [-0.39, 0.29) is 24.5 Å². The number of carbonyl (C=O) groups is 3. The zero-order valence-corrected chi connectivity index (χ0v) is 15.3. The van der Waals surface area contributed by atoms with Gasteiger partial charge in [0.1, 0.15) is 6.61 Å². The van der Waals surface area contributed by atoms with E-state index in [2.05, 4.69) is 10.6 Å². The number of rotatable bonds is 6. The second-order valence-electron chi connectivity index (χ2n) is 6.00. The molecular formula is C21H20N2O5. The monoisotopic (exact) mass is 380 g/mol. The Morgan fingerprint density at radius 3 is 2.21 bits per heavy atom. The van der Waals surface area contributed by atoms with Crippen LogP contribution in [0.25, 0.3) is 0 Å². The van der Waals surface area contributed by atoms with Crippen LogP contribution in [0.15, 0.2) is 71.9 Å². The third-order valence-corrected chi connectivity index (χ3v) is 4.14. The molecule has 0 saturated heterocycles. The van der Waals surface area contributed by atoms with E-state index in [1.807, 2.05) is 6.07 Å². The predicted molar refractivity (Wildman–Crippen MR) is 101 cm³/mol. The third kappa shape index (κ3) is 4.37. The summed E-state index contributed by atoms with van der Waals surface area (Å²) in [6, 6.07) is 16.3. The summed E-state index contributed by atoms with van der Waals surface area (Å²) in [6.45, 7) is 1.60. The van der Waals surface area contributed by atoms with Gasteiger partial charge in [0.15, 0.2) is 0 Å². The molecule has 0 aromatic heterocycles. The first-order valence-electron chi connectivity index (χ1n) is 8.85. The highest BCUT2D eigenvalue weighted by Crippen LogP contribution is 2.27. The van der Waals surface area contributed by atoms with E-state index >= 15 is 0 Å². The van der Waals surface area contributed by atoms with Crippen molar-refractivity contribution in [2.24, 2.45) is 0 Å². The zero-order chi connectivity index (χ0) is 19.9. The second-order valence-corrected chi connectivity index (χ2v) is 6.00. The Hall–Kier alpha value is -3.61. The maximum absolute atomic E-state index is 12.6. The molecule has 0 unspecified atom stereocenters. The normalized spacial score (nSPS) is 16.0. The Labute approximate surface area is 162 Å². The fraction of sp³-hybridized carbons (Fsp3) is 0.190. The molecule has 1 aliphatic rings. The number of hydrogen-bond donors (Lipinski definition) is 2. The topological polar surface area (TPSA) is 93.7 Å². The lowest BCUT2D eigenvalue weighted by molar-refractivity contribution is -0.139. The highest BCUT2D eigenvalue weighted by Gasteiger charge is 2.34. The van der Waals surface area contributed by atoms with E-state index in [0.717, 1.165) is 0 Å². The molecule has 0 aliphatic carbocycles. The quantitative estimate of drug-likeness (QED) is 0.752. The van der Waals surface area contributed by atoms with Gasteiger partial charge in [-0.1, -0.05) is 48.5 Å². The van der Waals surface area contributed by atoms with Crippen LogP contribution in [0.1, 0.15) is 28.9 Å². The maximum atomic E-state index is 12.6. The van der Waals surface area contributed by atoms with Gasteiger partial charge in [0.05, 0.1) is 29.5 Å². The van der Waals surface area contributed by atoms with Crippen LogP contribution >= 0.6 is 0 Å². The van der Waals surface area contributed by atoms with Gasteiger partial charge in [-0.3, -0.25) is 0 Å². The molecule has 0 saturated carbocycles. The average Bonchev–Trinajstić information content (AvgIpc) is 2.73. The van der Waals surface area contributed by atoms with Crippen molar-refractivity contribution in [1.29, 1.82) is 0 Å². The van der Waals surface area contributed by atoms with Crippen molar-refractivity contribution in [1.82, 2.24) is 10.6 Å². The number of ether oxygens (including phenoxy) is 2. The molecule has 2 amide bonds. The number of benzene rings is 2. The summed E-state index contributed by atoms with van der Waals surface area (Å²) in [4.78, 5) is 37.0. The number of esters is 2. The van der Waals surface area contributed by atoms with Crippen molar-refractivity contribution >= 4 is 18.0 Å². The molecule has 2 aromatic carbocycles. The van der Waals surface area contributed by atoms with Crippen LogP contribution in [0.2, 0.25) is 0 Å². The highest BCUT2D eigenvalue weighted by atomic mass is 16.5. The van der Waals surface area contributed by atoms with E-state index in [1.165, 1.54) is 0 Å². The SMILES string of the molecule is CCOC(=O)C1=C(COC(=O)c2ccccc2)NC(=O)N[C@H]1c1ccccc1. The van der Waals surface area contributed by atoms with Crippen molar-refractivity contribution in [2.75, 3.05) is 13.2 Å². The largest absolute Gasteiger partial charge is 0.463 e. The molecule has 0 radical (unpaired) electrons. The number of nitrogens with one attached hydrogen (secondary N) is 2. The van der Waals surface area contributed by atoms with Gasteiger partial charge in [0.2, 0.25) is 0 Å². The van der Waals surface area contributed by atoms with Crippen molar-refractivity contribution < 1.29 is 23.9 Å². The lowest BCUT2D eigenvalue weighted by Crippen LogP contribution is -2.47. The molecule has 0 bridgehead atoms. The van der Waals surface area contributed by atoms with Gasteiger partial charge in [0.25, 0.3) is 0 Å². The van der Waals surface area contributed by atoms with E-state index in [0.29, 0.717) is 11.1 Å². The van der Waals surface area contributed by atoms with Crippen molar-refractivity contribution in [3.05, 3.63) is 83.1 Å². The van der Waals surface area contributed by atoms with Crippen molar-refractivity contribution in [2.45, 2.75) is 13.0 Å². The summed E-state index contributed by atoms with van der Waals surface area (Å²) >= 11 is 0. The molecular weight excluding hydrogens is 360 g/mol. The molecule has 1 heterocycles. The van der Waals surface area contributed by atoms with Crippen LogP contribution in [0.5, 0.6) is 0 Å². The summed E-state index contributed by atoms with van der Waals surface area (Å²) in [5.41, 5.74) is 1.49. The molecule has 1 atom stereocenters. The first kappa shape index (κ1) is 19.2. The first-order chi connectivity index (χ1) is 13.6. The lowest BCUT2D eigenvalue weighted by Gasteiger charge is -2.29. The minimum Gasteiger partial charge on any atom is -0.463 e.